The van der Waals surface area contributed by atoms with Crippen LogP contribution < -0.4 is 5.32 Å². The van der Waals surface area contributed by atoms with Gasteiger partial charge in [-0.25, -0.2) is 9.37 Å². The number of amides is 1. The highest BCUT2D eigenvalue weighted by Crippen LogP contribution is 2.30. The molecule has 130 valence electrons. The summed E-state index contributed by atoms with van der Waals surface area (Å²) in [6.07, 6.45) is 0.716. The van der Waals surface area contributed by atoms with Crippen molar-refractivity contribution in [3.63, 3.8) is 0 Å². The maximum atomic E-state index is 13.2. The predicted octanol–water partition coefficient (Wildman–Crippen LogP) is 4.15. The molecule has 3 rings (SSSR count). The van der Waals surface area contributed by atoms with Crippen molar-refractivity contribution in [3.05, 3.63) is 45.9 Å². The molecule has 0 bridgehead atoms. The van der Waals surface area contributed by atoms with Crippen molar-refractivity contribution in [2.45, 2.75) is 17.7 Å². The predicted molar refractivity (Wildman–Crippen MR) is 101 cm³/mol. The highest BCUT2D eigenvalue weighted by molar-refractivity contribution is 8.01. The van der Waals surface area contributed by atoms with E-state index in [-0.39, 0.29) is 17.5 Å². The minimum Gasteiger partial charge on any atom is -0.356 e. The van der Waals surface area contributed by atoms with Crippen molar-refractivity contribution in [1.29, 1.82) is 0 Å². The van der Waals surface area contributed by atoms with E-state index in [1.807, 2.05) is 12.1 Å². The molecule has 0 saturated heterocycles. The fourth-order valence-corrected chi connectivity index (χ4v) is 5.13. The zero-order chi connectivity index (χ0) is 17.8. The summed E-state index contributed by atoms with van der Waals surface area (Å²) in [6.45, 7) is 2.05. The van der Waals surface area contributed by atoms with Crippen molar-refractivity contribution >= 4 is 56.3 Å². The Morgan fingerprint density at radius 2 is 2.08 bits per heavy atom. The number of aromatic nitrogens is 1. The zero-order valence-electron chi connectivity index (χ0n) is 13.4. The number of rotatable bonds is 7. The Morgan fingerprint density at radius 3 is 2.88 bits per heavy atom. The average Bonchev–Trinajstić information content (AvgIpc) is 3.18. The molecule has 0 radical (unpaired) electrons. The van der Waals surface area contributed by atoms with Crippen LogP contribution >= 0.6 is 34.4 Å². The van der Waals surface area contributed by atoms with Gasteiger partial charge in [-0.1, -0.05) is 11.8 Å². The summed E-state index contributed by atoms with van der Waals surface area (Å²) in [7, 11) is 0. The summed E-state index contributed by atoms with van der Waals surface area (Å²) in [5.41, 5.74) is 0.622. The standard InChI is InChI=1S/C17H15FN2O2S3/c1-10(21)19-7-6-12-3-5-16(24-12)14(22)9-23-17-20-13-8-11(18)2-4-15(13)25-17/h2-5,8H,6-7,9H2,1H3,(H,19,21). The molecule has 2 heterocycles. The molecule has 1 amide bonds. The van der Waals surface area contributed by atoms with E-state index in [9.17, 15) is 14.0 Å². The van der Waals surface area contributed by atoms with E-state index in [0.717, 1.165) is 13.9 Å². The van der Waals surface area contributed by atoms with Gasteiger partial charge in [-0.15, -0.1) is 22.7 Å². The molecule has 1 N–H and O–H groups in total. The number of carbonyl (C=O) groups excluding carboxylic acids is 2. The number of halogens is 1. The molecule has 0 unspecified atom stereocenters. The summed E-state index contributed by atoms with van der Waals surface area (Å²) in [5, 5.41) is 2.74. The second-order valence-corrected chi connectivity index (χ2v) is 8.72. The number of nitrogens with one attached hydrogen (secondary N) is 1. The molecule has 2 aromatic heterocycles. The number of fused-ring (bicyclic) bond motifs is 1. The van der Waals surface area contributed by atoms with Crippen molar-refractivity contribution in [2.75, 3.05) is 12.3 Å². The molecular weight excluding hydrogens is 379 g/mol. The Kier molecular flexibility index (Phi) is 5.82. The van der Waals surface area contributed by atoms with Crippen LogP contribution in [-0.2, 0) is 11.2 Å². The lowest BCUT2D eigenvalue weighted by Crippen LogP contribution is -2.22. The van der Waals surface area contributed by atoms with Gasteiger partial charge >= 0.3 is 0 Å². The molecule has 3 aromatic rings. The molecule has 1 aromatic carbocycles. The van der Waals surface area contributed by atoms with Crippen LogP contribution in [0.1, 0.15) is 21.5 Å². The van der Waals surface area contributed by atoms with Crippen LogP contribution in [0.15, 0.2) is 34.7 Å². The summed E-state index contributed by atoms with van der Waals surface area (Å²) in [6, 6.07) is 8.26. The molecule has 0 aliphatic rings. The molecule has 0 saturated carbocycles. The third-order valence-electron chi connectivity index (χ3n) is 3.34. The van der Waals surface area contributed by atoms with E-state index in [4.69, 9.17) is 0 Å². The summed E-state index contributed by atoms with van der Waals surface area (Å²) >= 11 is 4.28. The second kappa shape index (κ2) is 8.07. The lowest BCUT2D eigenvalue weighted by atomic mass is 10.3. The van der Waals surface area contributed by atoms with Crippen LogP contribution in [0.5, 0.6) is 0 Å². The van der Waals surface area contributed by atoms with Gasteiger partial charge < -0.3 is 5.32 Å². The van der Waals surface area contributed by atoms with Gasteiger partial charge in [0.1, 0.15) is 5.82 Å². The molecule has 0 spiro atoms. The molecule has 4 nitrogen and oxygen atoms in total. The zero-order valence-corrected chi connectivity index (χ0v) is 15.8. The van der Waals surface area contributed by atoms with Gasteiger partial charge in [0.05, 0.1) is 20.8 Å². The van der Waals surface area contributed by atoms with Gasteiger partial charge in [-0.05, 0) is 30.7 Å². The van der Waals surface area contributed by atoms with E-state index in [0.29, 0.717) is 29.1 Å². The third kappa shape index (κ3) is 4.87. The molecule has 0 fully saturated rings. The first-order valence-corrected chi connectivity index (χ1v) is 10.2. The van der Waals surface area contributed by atoms with Crippen molar-refractivity contribution in [3.8, 4) is 0 Å². The van der Waals surface area contributed by atoms with Crippen molar-refractivity contribution in [2.24, 2.45) is 0 Å². The van der Waals surface area contributed by atoms with Crippen LogP contribution in [0, 0.1) is 5.82 Å². The Morgan fingerprint density at radius 1 is 1.24 bits per heavy atom. The number of benzene rings is 1. The first-order chi connectivity index (χ1) is 12.0. The summed E-state index contributed by atoms with van der Waals surface area (Å²) in [5.74, 6) is -0.0180. The largest absolute Gasteiger partial charge is 0.356 e. The van der Waals surface area contributed by atoms with E-state index >= 15 is 0 Å². The van der Waals surface area contributed by atoms with Gasteiger partial charge in [0.15, 0.2) is 10.1 Å². The average molecular weight is 395 g/mol. The highest BCUT2D eigenvalue weighted by atomic mass is 32.2. The van der Waals surface area contributed by atoms with Gasteiger partial charge in [0.25, 0.3) is 0 Å². The molecule has 0 aliphatic carbocycles. The van der Waals surface area contributed by atoms with Crippen LogP contribution in [0.4, 0.5) is 4.39 Å². The molecule has 0 atom stereocenters. The number of carbonyl (C=O) groups is 2. The van der Waals surface area contributed by atoms with E-state index in [1.54, 1.807) is 6.07 Å². The minimum atomic E-state index is -0.309. The third-order valence-corrected chi connectivity index (χ3v) is 6.70. The summed E-state index contributed by atoms with van der Waals surface area (Å²) < 4.78 is 14.9. The van der Waals surface area contributed by atoms with E-state index in [1.165, 1.54) is 53.5 Å². The van der Waals surface area contributed by atoms with Crippen LogP contribution in [-0.4, -0.2) is 29.0 Å². The topological polar surface area (TPSA) is 59.1 Å². The van der Waals surface area contributed by atoms with Gasteiger partial charge in [-0.3, -0.25) is 9.59 Å². The van der Waals surface area contributed by atoms with Crippen molar-refractivity contribution in [1.82, 2.24) is 10.3 Å². The number of thiophene rings is 1. The fraction of sp³-hybridized carbons (Fsp3) is 0.235. The van der Waals surface area contributed by atoms with Gasteiger partial charge in [-0.2, -0.15) is 0 Å². The first kappa shape index (κ1) is 18.0. The smallest absolute Gasteiger partial charge is 0.216 e. The monoisotopic (exact) mass is 394 g/mol. The lowest BCUT2D eigenvalue weighted by molar-refractivity contribution is -0.118. The number of Topliss-reactive ketones (excluding diaryl/α,β-unsaturated/α-hetero) is 1. The minimum absolute atomic E-state index is 0.0474. The normalized spacial score (nSPS) is 11.0. The van der Waals surface area contributed by atoms with Gasteiger partial charge in [0, 0.05) is 24.4 Å². The number of hydrogen-bond acceptors (Lipinski definition) is 6. The Bertz CT molecular complexity index is 920. The van der Waals surface area contributed by atoms with Crippen LogP contribution in [0.2, 0.25) is 0 Å². The van der Waals surface area contributed by atoms with Crippen molar-refractivity contribution < 1.29 is 14.0 Å². The SMILES string of the molecule is CC(=O)NCCc1ccc(C(=O)CSc2nc3cc(F)ccc3s2)s1. The lowest BCUT2D eigenvalue weighted by Gasteiger charge is -1.99. The van der Waals surface area contributed by atoms with Crippen LogP contribution in [0.25, 0.3) is 10.2 Å². The van der Waals surface area contributed by atoms with E-state index in [2.05, 4.69) is 10.3 Å². The molecule has 0 aliphatic heterocycles. The second-order valence-electron chi connectivity index (χ2n) is 5.30. The maximum Gasteiger partial charge on any atom is 0.216 e. The van der Waals surface area contributed by atoms with E-state index < -0.39 is 0 Å². The number of hydrogen-bond donors (Lipinski definition) is 1. The molecule has 8 heteroatoms. The number of nitrogens with zero attached hydrogens (tertiary/aromatic N) is 1. The molecular formula is C17H15FN2O2S3. The first-order valence-electron chi connectivity index (χ1n) is 7.56. The molecule has 25 heavy (non-hydrogen) atoms. The maximum absolute atomic E-state index is 13.2. The number of thiazole rings is 1. The quantitative estimate of drug-likeness (QED) is 0.483. The highest BCUT2D eigenvalue weighted by Gasteiger charge is 2.12. The number of ketones is 1. The summed E-state index contributed by atoms with van der Waals surface area (Å²) in [4.78, 5) is 29.3. The Labute approximate surface area is 156 Å². The van der Waals surface area contributed by atoms with Gasteiger partial charge in [0.2, 0.25) is 5.91 Å². The Hall–Kier alpha value is -1.77. The van der Waals surface area contributed by atoms with Crippen LogP contribution in [0.3, 0.4) is 0 Å². The fourth-order valence-electron chi connectivity index (χ4n) is 2.16. The number of thioether (sulfide) groups is 1. The Balaban J connectivity index is 1.56.